The fourth-order valence-corrected chi connectivity index (χ4v) is 5.13. The van der Waals surface area contributed by atoms with Crippen molar-refractivity contribution in [3.05, 3.63) is 42.0 Å². The third-order valence-corrected chi connectivity index (χ3v) is 7.34. The number of benzene rings is 1. The second-order valence-corrected chi connectivity index (χ2v) is 9.06. The minimum Gasteiger partial charge on any atom is -0.392 e. The second kappa shape index (κ2) is 7.74. The summed E-state index contributed by atoms with van der Waals surface area (Å²) in [6.45, 7) is 2.12. The molecule has 1 amide bonds. The van der Waals surface area contributed by atoms with Gasteiger partial charge < -0.3 is 15.3 Å². The number of carbonyl (C=O) groups excluding carboxylic acids is 1. The van der Waals surface area contributed by atoms with E-state index >= 15 is 0 Å². The fraction of sp³-hybridized carbons (Fsp3) is 0.591. The molecule has 0 bridgehead atoms. The van der Waals surface area contributed by atoms with Gasteiger partial charge >= 0.3 is 0 Å². The smallest absolute Gasteiger partial charge is 0.239 e. The van der Waals surface area contributed by atoms with Crippen LogP contribution in [0.4, 0.5) is 4.39 Å². The van der Waals surface area contributed by atoms with Gasteiger partial charge in [0.15, 0.2) is 0 Å². The van der Waals surface area contributed by atoms with E-state index in [9.17, 15) is 14.3 Å². The Morgan fingerprint density at radius 2 is 1.93 bits per heavy atom. The summed E-state index contributed by atoms with van der Waals surface area (Å²) in [7, 11) is 0. The van der Waals surface area contributed by atoms with Crippen LogP contribution in [0.2, 0.25) is 0 Å². The van der Waals surface area contributed by atoms with Crippen molar-refractivity contribution in [2.45, 2.75) is 56.6 Å². The zero-order chi connectivity index (χ0) is 20.7. The molecule has 1 aliphatic carbocycles. The van der Waals surface area contributed by atoms with Gasteiger partial charge in [-0.3, -0.25) is 4.79 Å². The minimum atomic E-state index is -0.375. The van der Waals surface area contributed by atoms with Crippen molar-refractivity contribution in [1.29, 1.82) is 0 Å². The van der Waals surface area contributed by atoms with Crippen LogP contribution in [0.25, 0.3) is 5.69 Å². The largest absolute Gasteiger partial charge is 0.392 e. The quantitative estimate of drug-likeness (QED) is 0.804. The highest BCUT2D eigenvalue weighted by molar-refractivity contribution is 5.82. The van der Waals surface area contributed by atoms with E-state index in [0.717, 1.165) is 43.6 Å². The van der Waals surface area contributed by atoms with Gasteiger partial charge in [-0.1, -0.05) is 11.6 Å². The maximum absolute atomic E-state index is 13.1. The molecule has 160 valence electrons. The molecule has 0 radical (unpaired) electrons. The molecule has 1 aromatic carbocycles. The first kappa shape index (κ1) is 19.6. The minimum absolute atomic E-state index is 0.0140. The van der Waals surface area contributed by atoms with Gasteiger partial charge in [-0.15, -0.1) is 5.10 Å². The first-order valence-electron chi connectivity index (χ1n) is 10.9. The zero-order valence-corrected chi connectivity index (χ0v) is 17.0. The Balaban J connectivity index is 1.17. The van der Waals surface area contributed by atoms with Crippen molar-refractivity contribution < 1.29 is 14.3 Å². The Kier molecular flexibility index (Phi) is 5.06. The van der Waals surface area contributed by atoms with Crippen LogP contribution in [0.15, 0.2) is 30.5 Å². The van der Waals surface area contributed by atoms with E-state index in [0.29, 0.717) is 19.5 Å². The van der Waals surface area contributed by atoms with Crippen LogP contribution in [0, 0.1) is 11.2 Å². The maximum atomic E-state index is 13.1. The van der Waals surface area contributed by atoms with Crippen LogP contribution < -0.4 is 5.32 Å². The number of nitrogens with one attached hydrogen (secondary N) is 1. The van der Waals surface area contributed by atoms with Crippen LogP contribution in [-0.4, -0.2) is 62.7 Å². The third-order valence-electron chi connectivity index (χ3n) is 7.34. The van der Waals surface area contributed by atoms with Crippen molar-refractivity contribution in [2.75, 3.05) is 19.6 Å². The van der Waals surface area contributed by atoms with E-state index in [1.807, 2.05) is 11.1 Å². The number of piperidine rings is 2. The number of likely N-dealkylation sites (tertiary alicyclic amines) is 1. The molecule has 5 rings (SSSR count). The van der Waals surface area contributed by atoms with Gasteiger partial charge in [0.1, 0.15) is 5.82 Å². The van der Waals surface area contributed by atoms with E-state index in [2.05, 4.69) is 15.6 Å². The lowest BCUT2D eigenvalue weighted by Crippen LogP contribution is -2.61. The first-order chi connectivity index (χ1) is 14.5. The average molecular weight is 413 g/mol. The molecular formula is C22H28FN5O2. The number of amides is 1. The highest BCUT2D eigenvalue weighted by atomic mass is 19.1. The number of halogens is 1. The predicted octanol–water partition coefficient (Wildman–Crippen LogP) is 2.01. The molecule has 1 saturated carbocycles. The summed E-state index contributed by atoms with van der Waals surface area (Å²) in [5, 5.41) is 22.4. The standard InChI is InChI=1S/C22H28FN5O2/c23-16-2-4-17(5-3-16)28-13-19(25-26-28)15-6-10-27(11-7-15)21(30)18-12-20(29)22(14-24-18)8-1-9-22/h2-5,13,15,18,20,24,29H,1,6-12,14H2/t18-,20+/m0/s1. The van der Waals surface area contributed by atoms with Crippen LogP contribution in [-0.2, 0) is 4.79 Å². The van der Waals surface area contributed by atoms with Gasteiger partial charge in [0.2, 0.25) is 5.91 Å². The molecule has 2 saturated heterocycles. The molecule has 3 fully saturated rings. The molecule has 2 aliphatic heterocycles. The van der Waals surface area contributed by atoms with Crippen LogP contribution in [0.5, 0.6) is 0 Å². The lowest BCUT2D eigenvalue weighted by Gasteiger charge is -2.50. The normalized spacial score (nSPS) is 26.5. The topological polar surface area (TPSA) is 83.3 Å². The van der Waals surface area contributed by atoms with E-state index < -0.39 is 0 Å². The van der Waals surface area contributed by atoms with Crippen LogP contribution in [0.3, 0.4) is 0 Å². The number of hydrogen-bond donors (Lipinski definition) is 2. The average Bonchev–Trinajstić information content (AvgIpc) is 3.23. The molecule has 1 spiro atoms. The third kappa shape index (κ3) is 3.52. The molecule has 0 unspecified atom stereocenters. The highest BCUT2D eigenvalue weighted by Crippen LogP contribution is 2.46. The molecule has 8 heteroatoms. The Hall–Kier alpha value is -2.32. The molecule has 1 aromatic heterocycles. The number of aliphatic hydroxyl groups excluding tert-OH is 1. The predicted molar refractivity (Wildman–Crippen MR) is 109 cm³/mol. The molecule has 2 N–H and O–H groups in total. The van der Waals surface area contributed by atoms with Crippen molar-refractivity contribution in [3.63, 3.8) is 0 Å². The molecule has 30 heavy (non-hydrogen) atoms. The second-order valence-electron chi connectivity index (χ2n) is 9.06. The molecule has 3 heterocycles. The number of hydrogen-bond acceptors (Lipinski definition) is 5. The number of aromatic nitrogens is 3. The SMILES string of the molecule is O=C([C@@H]1C[C@@H](O)C2(CCC2)CN1)N1CCC(c2cn(-c3ccc(F)cc3)nn2)CC1. The Morgan fingerprint density at radius 3 is 2.57 bits per heavy atom. The number of nitrogens with zero attached hydrogens (tertiary/aromatic N) is 4. The van der Waals surface area contributed by atoms with E-state index in [1.165, 1.54) is 18.6 Å². The van der Waals surface area contributed by atoms with Crippen molar-refractivity contribution in [1.82, 2.24) is 25.2 Å². The molecule has 3 aliphatic rings. The fourth-order valence-electron chi connectivity index (χ4n) is 5.13. The molecule has 7 nitrogen and oxygen atoms in total. The summed E-state index contributed by atoms with van der Waals surface area (Å²) in [5.74, 6) is 0.0852. The number of rotatable bonds is 3. The van der Waals surface area contributed by atoms with Gasteiger partial charge in [-0.25, -0.2) is 9.07 Å². The lowest BCUT2D eigenvalue weighted by atomic mass is 9.62. The van der Waals surface area contributed by atoms with E-state index in [1.54, 1.807) is 16.8 Å². The summed E-state index contributed by atoms with van der Waals surface area (Å²) in [5.41, 5.74) is 1.69. The summed E-state index contributed by atoms with van der Waals surface area (Å²) < 4.78 is 14.8. The highest BCUT2D eigenvalue weighted by Gasteiger charge is 2.48. The molecular weight excluding hydrogens is 385 g/mol. The number of aliphatic hydroxyl groups is 1. The van der Waals surface area contributed by atoms with Crippen LogP contribution >= 0.6 is 0 Å². The zero-order valence-electron chi connectivity index (χ0n) is 17.0. The monoisotopic (exact) mass is 413 g/mol. The van der Waals surface area contributed by atoms with Crippen molar-refractivity contribution in [3.8, 4) is 5.69 Å². The van der Waals surface area contributed by atoms with E-state index in [4.69, 9.17) is 0 Å². The van der Waals surface area contributed by atoms with E-state index in [-0.39, 0.29) is 35.2 Å². The van der Waals surface area contributed by atoms with Gasteiger partial charge in [0.25, 0.3) is 0 Å². The number of carbonyl (C=O) groups is 1. The summed E-state index contributed by atoms with van der Waals surface area (Å²) >= 11 is 0. The van der Waals surface area contributed by atoms with Crippen molar-refractivity contribution in [2.24, 2.45) is 5.41 Å². The molecule has 2 aromatic rings. The Bertz CT molecular complexity index is 903. The van der Waals surface area contributed by atoms with Crippen LogP contribution in [0.1, 0.15) is 50.1 Å². The lowest BCUT2D eigenvalue weighted by molar-refractivity contribution is -0.140. The Morgan fingerprint density at radius 1 is 1.20 bits per heavy atom. The molecule has 2 atom stereocenters. The van der Waals surface area contributed by atoms with Gasteiger partial charge in [0.05, 0.1) is 29.7 Å². The summed E-state index contributed by atoms with van der Waals surface area (Å²) in [4.78, 5) is 14.9. The van der Waals surface area contributed by atoms with Gasteiger partial charge in [-0.2, -0.15) is 0 Å². The van der Waals surface area contributed by atoms with Crippen molar-refractivity contribution >= 4 is 5.91 Å². The summed E-state index contributed by atoms with van der Waals surface area (Å²) in [6, 6.07) is 5.89. The van der Waals surface area contributed by atoms with Gasteiger partial charge in [-0.05, 0) is 56.4 Å². The van der Waals surface area contributed by atoms with Gasteiger partial charge in [0, 0.05) is 31.0 Å². The maximum Gasteiger partial charge on any atom is 0.239 e. The Labute approximate surface area is 175 Å². The first-order valence-corrected chi connectivity index (χ1v) is 10.9. The summed E-state index contributed by atoms with van der Waals surface area (Å²) in [6.07, 6.45) is 7.02.